The molecule has 2 rings (SSSR count). The zero-order valence-corrected chi connectivity index (χ0v) is 16.4. The Balaban J connectivity index is 1.90. The average molecular weight is 377 g/mol. The molecular weight excluding hydrogens is 349 g/mol. The molecule has 1 heterocycles. The molecule has 1 atom stereocenters. The van der Waals surface area contributed by atoms with Crippen LogP contribution in [-0.2, 0) is 17.7 Å². The summed E-state index contributed by atoms with van der Waals surface area (Å²) in [5, 5.41) is 10.4. The van der Waals surface area contributed by atoms with Crippen LogP contribution in [0.25, 0.3) is 0 Å². The second-order valence-corrected chi connectivity index (χ2v) is 6.09. The number of aromatic nitrogens is 2. The minimum Gasteiger partial charge on any atom is -0.371 e. The van der Waals surface area contributed by atoms with Gasteiger partial charge >= 0.3 is 0 Å². The summed E-state index contributed by atoms with van der Waals surface area (Å²) in [5.74, 6) is 1.40. The molecule has 0 saturated heterocycles. The predicted octanol–water partition coefficient (Wildman–Crippen LogP) is 2.91. The molecule has 8 heteroatoms. The first kappa shape index (κ1) is 20.8. The third-order valence-electron chi connectivity index (χ3n) is 3.97. The zero-order valence-electron chi connectivity index (χ0n) is 16.4. The van der Waals surface area contributed by atoms with E-state index in [4.69, 9.17) is 9.26 Å². The van der Waals surface area contributed by atoms with Gasteiger partial charge in [-0.2, -0.15) is 4.98 Å². The summed E-state index contributed by atoms with van der Waals surface area (Å²) < 4.78 is 23.9. The number of hydrogen-bond donors (Lipinski definition) is 2. The molecule has 0 aliphatic rings. The van der Waals surface area contributed by atoms with E-state index < -0.39 is 0 Å². The quantitative estimate of drug-likeness (QED) is 0.516. The van der Waals surface area contributed by atoms with E-state index in [2.05, 4.69) is 25.8 Å². The van der Waals surface area contributed by atoms with Crippen molar-refractivity contribution in [2.24, 2.45) is 4.99 Å². The molecule has 0 bridgehead atoms. The van der Waals surface area contributed by atoms with E-state index in [0.717, 1.165) is 24.1 Å². The van der Waals surface area contributed by atoms with Gasteiger partial charge in [0.05, 0.1) is 0 Å². The highest BCUT2D eigenvalue weighted by atomic mass is 19.1. The van der Waals surface area contributed by atoms with Crippen molar-refractivity contribution in [3.63, 3.8) is 0 Å². The lowest BCUT2D eigenvalue weighted by Crippen LogP contribution is -2.38. The molecule has 0 fully saturated rings. The van der Waals surface area contributed by atoms with Gasteiger partial charge in [-0.15, -0.1) is 0 Å². The lowest BCUT2D eigenvalue weighted by Gasteiger charge is -2.12. The normalized spacial score (nSPS) is 12.9. The highest BCUT2D eigenvalue weighted by Gasteiger charge is 2.13. The molecule has 1 aromatic carbocycles. The van der Waals surface area contributed by atoms with Gasteiger partial charge in [0.2, 0.25) is 5.89 Å². The van der Waals surface area contributed by atoms with Gasteiger partial charge in [0.25, 0.3) is 0 Å². The summed E-state index contributed by atoms with van der Waals surface area (Å²) in [6.07, 6.45) is 0.564. The van der Waals surface area contributed by atoms with Crippen LogP contribution in [-0.4, -0.2) is 35.8 Å². The number of ether oxygens (including phenoxy) is 1. The zero-order chi connectivity index (χ0) is 19.6. The molecule has 148 valence electrons. The van der Waals surface area contributed by atoms with Gasteiger partial charge < -0.3 is 19.9 Å². The van der Waals surface area contributed by atoms with Crippen LogP contribution in [0.4, 0.5) is 4.39 Å². The molecule has 1 unspecified atom stereocenters. The summed E-state index contributed by atoms with van der Waals surface area (Å²) in [4.78, 5) is 8.78. The van der Waals surface area contributed by atoms with Crippen molar-refractivity contribution in [1.82, 2.24) is 20.8 Å². The fraction of sp³-hybridized carbons (Fsp3) is 0.526. The van der Waals surface area contributed by atoms with Crippen LogP contribution >= 0.6 is 0 Å². The highest BCUT2D eigenvalue weighted by Crippen LogP contribution is 2.13. The van der Waals surface area contributed by atoms with Crippen molar-refractivity contribution in [1.29, 1.82) is 0 Å². The summed E-state index contributed by atoms with van der Waals surface area (Å²) in [7, 11) is 0. The Hall–Kier alpha value is -2.48. The molecule has 27 heavy (non-hydrogen) atoms. The standard InChI is InChI=1S/C19H28FN5O2/c1-5-21-19(22-10-9-15-7-8-16(20)11-13(15)3)23-12-17-24-18(25-27-17)14(4)26-6-2/h7-8,11,14H,5-6,9-10,12H2,1-4H3,(H2,21,22,23). The first-order valence-corrected chi connectivity index (χ1v) is 9.24. The van der Waals surface area contributed by atoms with Crippen molar-refractivity contribution in [3.05, 3.63) is 46.9 Å². The van der Waals surface area contributed by atoms with Crippen LogP contribution in [0.1, 0.15) is 49.7 Å². The lowest BCUT2D eigenvalue weighted by atomic mass is 10.1. The molecule has 1 aromatic heterocycles. The van der Waals surface area contributed by atoms with Crippen LogP contribution in [0.5, 0.6) is 0 Å². The Kier molecular flexibility index (Phi) is 8.19. The van der Waals surface area contributed by atoms with Crippen molar-refractivity contribution >= 4 is 5.96 Å². The van der Waals surface area contributed by atoms with Gasteiger partial charge in [-0.05, 0) is 57.4 Å². The molecule has 0 saturated carbocycles. The number of aliphatic imine (C=N–C) groups is 1. The molecule has 0 radical (unpaired) electrons. The largest absolute Gasteiger partial charge is 0.371 e. The fourth-order valence-corrected chi connectivity index (χ4v) is 2.57. The number of halogens is 1. The summed E-state index contributed by atoms with van der Waals surface area (Å²) in [6.45, 7) is 9.98. The third kappa shape index (κ3) is 6.63. The number of rotatable bonds is 9. The highest BCUT2D eigenvalue weighted by molar-refractivity contribution is 5.79. The molecular formula is C19H28FN5O2. The van der Waals surface area contributed by atoms with Gasteiger partial charge in [-0.1, -0.05) is 11.2 Å². The van der Waals surface area contributed by atoms with Gasteiger partial charge in [0.1, 0.15) is 18.5 Å². The monoisotopic (exact) mass is 377 g/mol. The fourth-order valence-electron chi connectivity index (χ4n) is 2.57. The second-order valence-electron chi connectivity index (χ2n) is 6.09. The summed E-state index contributed by atoms with van der Waals surface area (Å²) in [5.41, 5.74) is 2.05. The Morgan fingerprint density at radius 2 is 2.15 bits per heavy atom. The van der Waals surface area contributed by atoms with E-state index in [-0.39, 0.29) is 18.5 Å². The van der Waals surface area contributed by atoms with E-state index in [1.807, 2.05) is 33.8 Å². The first-order valence-electron chi connectivity index (χ1n) is 9.24. The number of nitrogens with one attached hydrogen (secondary N) is 2. The molecule has 0 amide bonds. The number of aryl methyl sites for hydroxylation is 1. The first-order chi connectivity index (χ1) is 13.0. The maximum absolute atomic E-state index is 13.2. The number of nitrogens with zero attached hydrogens (tertiary/aromatic N) is 3. The number of hydrogen-bond acceptors (Lipinski definition) is 5. The van der Waals surface area contributed by atoms with Crippen LogP contribution < -0.4 is 10.6 Å². The number of guanidine groups is 1. The smallest absolute Gasteiger partial charge is 0.248 e. The lowest BCUT2D eigenvalue weighted by molar-refractivity contribution is 0.0683. The summed E-state index contributed by atoms with van der Waals surface area (Å²) >= 11 is 0. The second kappa shape index (κ2) is 10.6. The molecule has 0 spiro atoms. The van der Waals surface area contributed by atoms with Crippen molar-refractivity contribution in [2.45, 2.75) is 46.8 Å². The Morgan fingerprint density at radius 3 is 2.85 bits per heavy atom. The van der Waals surface area contributed by atoms with Crippen molar-refractivity contribution in [2.75, 3.05) is 19.7 Å². The van der Waals surface area contributed by atoms with Gasteiger partial charge in [-0.25, -0.2) is 9.38 Å². The maximum atomic E-state index is 13.2. The molecule has 0 aliphatic carbocycles. The van der Waals surface area contributed by atoms with Gasteiger partial charge in [0.15, 0.2) is 11.8 Å². The Bertz CT molecular complexity index is 747. The van der Waals surface area contributed by atoms with E-state index >= 15 is 0 Å². The van der Waals surface area contributed by atoms with E-state index in [9.17, 15) is 4.39 Å². The predicted molar refractivity (Wildman–Crippen MR) is 102 cm³/mol. The molecule has 7 nitrogen and oxygen atoms in total. The van der Waals surface area contributed by atoms with Gasteiger partial charge in [-0.3, -0.25) is 0 Å². The SMILES string of the molecule is CCNC(=NCc1nc(C(C)OCC)no1)NCCc1ccc(F)cc1C. The molecule has 2 N–H and O–H groups in total. The van der Waals surface area contributed by atoms with E-state index in [1.54, 1.807) is 6.07 Å². The van der Waals surface area contributed by atoms with Crippen LogP contribution in [0, 0.1) is 12.7 Å². The van der Waals surface area contributed by atoms with Crippen molar-refractivity contribution in [3.8, 4) is 0 Å². The van der Waals surface area contributed by atoms with E-state index in [1.165, 1.54) is 6.07 Å². The molecule has 0 aliphatic heterocycles. The minimum atomic E-state index is -0.211. The van der Waals surface area contributed by atoms with Gasteiger partial charge in [0, 0.05) is 19.7 Å². The van der Waals surface area contributed by atoms with Crippen LogP contribution in [0.2, 0.25) is 0 Å². The maximum Gasteiger partial charge on any atom is 0.248 e. The topological polar surface area (TPSA) is 84.6 Å². The number of benzene rings is 1. The molecule has 2 aromatic rings. The Morgan fingerprint density at radius 1 is 1.33 bits per heavy atom. The van der Waals surface area contributed by atoms with E-state index in [0.29, 0.717) is 30.8 Å². The minimum absolute atomic E-state index is 0.207. The van der Waals surface area contributed by atoms with Crippen LogP contribution in [0.3, 0.4) is 0 Å². The van der Waals surface area contributed by atoms with Crippen molar-refractivity contribution < 1.29 is 13.7 Å². The average Bonchev–Trinajstić information content (AvgIpc) is 3.11. The third-order valence-corrected chi connectivity index (χ3v) is 3.97. The van der Waals surface area contributed by atoms with Crippen LogP contribution in [0.15, 0.2) is 27.7 Å². The summed E-state index contributed by atoms with van der Waals surface area (Å²) in [6, 6.07) is 4.85. The Labute approximate surface area is 159 Å².